The molecule has 1 aromatic heterocycles. The summed E-state index contributed by atoms with van der Waals surface area (Å²) in [4.78, 5) is 15.0. The van der Waals surface area contributed by atoms with E-state index in [1.165, 1.54) is 11.1 Å². The molecular formula is C29H36N2O4. The van der Waals surface area contributed by atoms with Crippen molar-refractivity contribution in [2.24, 2.45) is 0 Å². The van der Waals surface area contributed by atoms with Crippen LogP contribution in [0.25, 0.3) is 27.7 Å². The van der Waals surface area contributed by atoms with E-state index < -0.39 is 0 Å². The summed E-state index contributed by atoms with van der Waals surface area (Å²) in [7, 11) is 1.66. The molecule has 1 N–H and O–H groups in total. The van der Waals surface area contributed by atoms with E-state index >= 15 is 0 Å². The van der Waals surface area contributed by atoms with Crippen LogP contribution in [-0.4, -0.2) is 57.3 Å². The van der Waals surface area contributed by atoms with Gasteiger partial charge in [0.2, 0.25) is 5.91 Å². The van der Waals surface area contributed by atoms with Crippen molar-refractivity contribution < 1.29 is 18.7 Å². The maximum Gasteiger partial charge on any atom is 0.244 e. The number of methoxy groups -OCH3 is 1. The van der Waals surface area contributed by atoms with Gasteiger partial charge in [-0.2, -0.15) is 0 Å². The summed E-state index contributed by atoms with van der Waals surface area (Å²) < 4.78 is 17.1. The Kier molecular flexibility index (Phi) is 7.93. The lowest BCUT2D eigenvalue weighted by Crippen LogP contribution is -2.38. The molecule has 3 aromatic rings. The van der Waals surface area contributed by atoms with Crippen molar-refractivity contribution in [3.63, 3.8) is 0 Å². The molecule has 186 valence electrons. The monoisotopic (exact) mass is 476 g/mol. The third-order valence-electron chi connectivity index (χ3n) is 6.75. The number of amides is 1. The highest BCUT2D eigenvalue weighted by Crippen LogP contribution is 2.41. The van der Waals surface area contributed by atoms with Crippen molar-refractivity contribution in [2.75, 3.05) is 46.5 Å². The molecule has 2 aromatic carbocycles. The summed E-state index contributed by atoms with van der Waals surface area (Å²) in [6, 6.07) is 8.52. The van der Waals surface area contributed by atoms with Gasteiger partial charge < -0.3 is 19.2 Å². The highest BCUT2D eigenvalue weighted by molar-refractivity contribution is 6.02. The van der Waals surface area contributed by atoms with Crippen LogP contribution in [0.3, 0.4) is 0 Å². The number of fused-ring (bicyclic) bond motifs is 1. The second kappa shape index (κ2) is 11.1. The summed E-state index contributed by atoms with van der Waals surface area (Å²) >= 11 is 0. The zero-order valence-electron chi connectivity index (χ0n) is 21.5. The Morgan fingerprint density at radius 2 is 1.91 bits per heavy atom. The van der Waals surface area contributed by atoms with Crippen molar-refractivity contribution >= 4 is 22.4 Å². The molecule has 0 aliphatic carbocycles. The first-order chi connectivity index (χ1) is 16.9. The van der Waals surface area contributed by atoms with Crippen LogP contribution in [0.1, 0.15) is 35.6 Å². The minimum Gasteiger partial charge on any atom is -0.496 e. The van der Waals surface area contributed by atoms with E-state index in [2.05, 4.69) is 48.3 Å². The van der Waals surface area contributed by atoms with E-state index in [-0.39, 0.29) is 5.91 Å². The van der Waals surface area contributed by atoms with Gasteiger partial charge in [0, 0.05) is 47.8 Å². The van der Waals surface area contributed by atoms with Gasteiger partial charge >= 0.3 is 0 Å². The van der Waals surface area contributed by atoms with Gasteiger partial charge in [-0.05, 0) is 63.4 Å². The quantitative estimate of drug-likeness (QED) is 0.354. The first-order valence-corrected chi connectivity index (χ1v) is 12.3. The van der Waals surface area contributed by atoms with E-state index in [9.17, 15) is 4.79 Å². The topological polar surface area (TPSA) is 63.9 Å². The number of hydrogen-bond acceptors (Lipinski definition) is 5. The van der Waals surface area contributed by atoms with Gasteiger partial charge in [-0.1, -0.05) is 23.8 Å². The van der Waals surface area contributed by atoms with Crippen LogP contribution in [-0.2, 0) is 9.53 Å². The van der Waals surface area contributed by atoms with Crippen LogP contribution in [0.15, 0.2) is 41.0 Å². The van der Waals surface area contributed by atoms with E-state index in [1.54, 1.807) is 13.2 Å². The Labute approximate surface area is 207 Å². The number of furan rings is 1. The van der Waals surface area contributed by atoms with E-state index in [1.807, 2.05) is 20.1 Å². The number of carbonyl (C=O) groups excluding carboxylic acids is 1. The molecule has 6 nitrogen and oxygen atoms in total. The SMILES string of the molecule is COc1c(/C(C)=C/C(=O)NCCCN2CCOCC2)cc2c(-c3ccc(C)cc3C)coc2c1C. The fourth-order valence-corrected chi connectivity index (χ4v) is 4.86. The van der Waals surface area contributed by atoms with Gasteiger partial charge in [-0.25, -0.2) is 0 Å². The highest BCUT2D eigenvalue weighted by Gasteiger charge is 2.19. The second-order valence-corrected chi connectivity index (χ2v) is 9.35. The van der Waals surface area contributed by atoms with Crippen molar-refractivity contribution in [1.29, 1.82) is 0 Å². The minimum absolute atomic E-state index is 0.0916. The Morgan fingerprint density at radius 1 is 1.14 bits per heavy atom. The second-order valence-electron chi connectivity index (χ2n) is 9.35. The standard InChI is InChI=1S/C29H36N2O4/c1-19-7-8-23(20(2)15-19)26-18-35-29-22(4)28(33-5)24(17-25(26)29)21(3)16-27(32)30-9-6-10-31-11-13-34-14-12-31/h7-8,15-18H,6,9-14H2,1-5H3,(H,30,32)/b21-16+. The molecule has 0 atom stereocenters. The number of nitrogens with zero attached hydrogens (tertiary/aromatic N) is 1. The van der Waals surface area contributed by atoms with Crippen LogP contribution >= 0.6 is 0 Å². The predicted octanol–water partition coefficient (Wildman–Crippen LogP) is 5.28. The number of aryl methyl sites for hydroxylation is 3. The number of ether oxygens (including phenoxy) is 2. The molecule has 1 saturated heterocycles. The maximum absolute atomic E-state index is 12.7. The molecule has 0 radical (unpaired) electrons. The van der Waals surface area contributed by atoms with Crippen LogP contribution < -0.4 is 10.1 Å². The summed E-state index contributed by atoms with van der Waals surface area (Å²) in [5.41, 5.74) is 8.10. The summed E-state index contributed by atoms with van der Waals surface area (Å²) in [5, 5.41) is 4.04. The fourth-order valence-electron chi connectivity index (χ4n) is 4.86. The summed E-state index contributed by atoms with van der Waals surface area (Å²) in [5.74, 6) is 0.638. The Hall–Kier alpha value is -3.09. The lowest BCUT2D eigenvalue weighted by atomic mass is 9.94. The fraction of sp³-hybridized carbons (Fsp3) is 0.414. The van der Waals surface area contributed by atoms with Crippen molar-refractivity contribution in [3.05, 3.63) is 58.9 Å². The molecular weight excluding hydrogens is 440 g/mol. The van der Waals surface area contributed by atoms with E-state index in [0.29, 0.717) is 6.54 Å². The Bertz CT molecular complexity index is 1240. The lowest BCUT2D eigenvalue weighted by Gasteiger charge is -2.26. The zero-order valence-corrected chi connectivity index (χ0v) is 21.5. The summed E-state index contributed by atoms with van der Waals surface area (Å²) in [6.07, 6.45) is 4.40. The van der Waals surface area contributed by atoms with Gasteiger partial charge in [-0.15, -0.1) is 0 Å². The number of hydrogen-bond donors (Lipinski definition) is 1. The molecule has 6 heteroatoms. The average molecular weight is 477 g/mol. The normalized spacial score (nSPS) is 14.9. The number of rotatable bonds is 8. The van der Waals surface area contributed by atoms with Crippen molar-refractivity contribution in [2.45, 2.75) is 34.1 Å². The molecule has 4 rings (SSSR count). The number of nitrogens with one attached hydrogen (secondary N) is 1. The highest BCUT2D eigenvalue weighted by atomic mass is 16.5. The van der Waals surface area contributed by atoms with Gasteiger partial charge in [0.05, 0.1) is 26.6 Å². The smallest absolute Gasteiger partial charge is 0.244 e. The van der Waals surface area contributed by atoms with Crippen LogP contribution in [0.2, 0.25) is 0 Å². The average Bonchev–Trinajstić information content (AvgIpc) is 3.26. The molecule has 0 saturated carbocycles. The van der Waals surface area contributed by atoms with Gasteiger partial charge in [0.1, 0.15) is 11.3 Å². The van der Waals surface area contributed by atoms with E-state index in [4.69, 9.17) is 13.9 Å². The molecule has 1 amide bonds. The van der Waals surface area contributed by atoms with Gasteiger partial charge in [0.15, 0.2) is 0 Å². The Balaban J connectivity index is 1.56. The molecule has 1 aliphatic rings. The van der Waals surface area contributed by atoms with Crippen molar-refractivity contribution in [3.8, 4) is 16.9 Å². The number of morpholine rings is 1. The third-order valence-corrected chi connectivity index (χ3v) is 6.75. The van der Waals surface area contributed by atoms with Crippen LogP contribution in [0.4, 0.5) is 0 Å². The predicted molar refractivity (Wildman–Crippen MR) is 141 cm³/mol. The van der Waals surface area contributed by atoms with Crippen molar-refractivity contribution in [1.82, 2.24) is 10.2 Å². The van der Waals surface area contributed by atoms with Crippen LogP contribution in [0.5, 0.6) is 5.75 Å². The van der Waals surface area contributed by atoms with Gasteiger partial charge in [0.25, 0.3) is 0 Å². The number of carbonyl (C=O) groups is 1. The zero-order chi connectivity index (χ0) is 24.9. The molecule has 0 unspecified atom stereocenters. The molecule has 0 bridgehead atoms. The first-order valence-electron chi connectivity index (χ1n) is 12.3. The molecule has 1 aliphatic heterocycles. The van der Waals surface area contributed by atoms with Gasteiger partial charge in [-0.3, -0.25) is 9.69 Å². The summed E-state index contributed by atoms with van der Waals surface area (Å²) in [6.45, 7) is 13.3. The lowest BCUT2D eigenvalue weighted by molar-refractivity contribution is -0.116. The third kappa shape index (κ3) is 5.60. The van der Waals surface area contributed by atoms with E-state index in [0.717, 1.165) is 83.8 Å². The molecule has 2 heterocycles. The largest absolute Gasteiger partial charge is 0.496 e. The number of allylic oxidation sites excluding steroid dienone is 1. The Morgan fingerprint density at radius 3 is 2.63 bits per heavy atom. The molecule has 35 heavy (non-hydrogen) atoms. The number of benzene rings is 2. The molecule has 1 fully saturated rings. The molecule has 0 spiro atoms. The maximum atomic E-state index is 12.7. The van der Waals surface area contributed by atoms with Crippen LogP contribution in [0, 0.1) is 20.8 Å². The minimum atomic E-state index is -0.0916. The first kappa shape index (κ1) is 25.0.